The maximum Gasteiger partial charge on any atom is 0.142 e. The molecule has 1 nitrogen and oxygen atoms in total. The molecule has 74 valence electrons. The van der Waals surface area contributed by atoms with Crippen molar-refractivity contribution in [1.29, 1.82) is 0 Å². The van der Waals surface area contributed by atoms with E-state index < -0.39 is 5.82 Å². The molecule has 5 heteroatoms. The molecule has 2 aromatic rings. The number of nitrogens with two attached hydrogens (primary N) is 1. The molecular formula is C10H5BBrClFN. The molecule has 0 aliphatic rings. The van der Waals surface area contributed by atoms with Gasteiger partial charge >= 0.3 is 0 Å². The fourth-order valence-electron chi connectivity index (χ4n) is 1.45. The Kier molecular flexibility index (Phi) is 2.65. The molecule has 2 rings (SSSR count). The van der Waals surface area contributed by atoms with Crippen molar-refractivity contribution < 1.29 is 4.39 Å². The summed E-state index contributed by atoms with van der Waals surface area (Å²) in [5.74, 6) is -0.478. The minimum Gasteiger partial charge on any atom is -0.399 e. The van der Waals surface area contributed by atoms with Gasteiger partial charge in [0.05, 0.1) is 5.02 Å². The van der Waals surface area contributed by atoms with Crippen LogP contribution in [0, 0.1) is 5.82 Å². The van der Waals surface area contributed by atoms with Gasteiger partial charge in [-0.2, -0.15) is 0 Å². The fourth-order valence-corrected chi connectivity index (χ4v) is 2.49. The highest BCUT2D eigenvalue weighted by Gasteiger charge is 2.11. The van der Waals surface area contributed by atoms with Crippen LogP contribution in [0.2, 0.25) is 5.02 Å². The number of fused-ring (bicyclic) bond motifs is 1. The topological polar surface area (TPSA) is 26.0 Å². The zero-order valence-corrected chi connectivity index (χ0v) is 9.86. The average molecular weight is 284 g/mol. The highest BCUT2D eigenvalue weighted by molar-refractivity contribution is 9.10. The number of hydrogen-bond acceptors (Lipinski definition) is 1. The van der Waals surface area contributed by atoms with E-state index in [1.54, 1.807) is 12.1 Å². The van der Waals surface area contributed by atoms with E-state index >= 15 is 0 Å². The zero-order chi connectivity index (χ0) is 11.2. The lowest BCUT2D eigenvalue weighted by atomic mass is 9.91. The predicted octanol–water partition coefficient (Wildman–Crippen LogP) is 2.77. The van der Waals surface area contributed by atoms with E-state index in [0.29, 0.717) is 26.4 Å². The number of rotatable bonds is 0. The van der Waals surface area contributed by atoms with E-state index in [9.17, 15) is 4.39 Å². The summed E-state index contributed by atoms with van der Waals surface area (Å²) in [4.78, 5) is 0. The summed E-state index contributed by atoms with van der Waals surface area (Å²) < 4.78 is 13.9. The van der Waals surface area contributed by atoms with Crippen molar-refractivity contribution >= 4 is 57.3 Å². The van der Waals surface area contributed by atoms with Gasteiger partial charge in [-0.3, -0.25) is 0 Å². The third-order valence-electron chi connectivity index (χ3n) is 2.22. The maximum atomic E-state index is 13.2. The first kappa shape index (κ1) is 10.8. The minimum absolute atomic E-state index is 0.0473. The van der Waals surface area contributed by atoms with Gasteiger partial charge in [-0.1, -0.05) is 39.1 Å². The Morgan fingerprint density at radius 1 is 1.40 bits per heavy atom. The van der Waals surface area contributed by atoms with Crippen LogP contribution in [0.25, 0.3) is 10.8 Å². The van der Waals surface area contributed by atoms with E-state index in [-0.39, 0.29) is 5.02 Å². The summed E-state index contributed by atoms with van der Waals surface area (Å²) in [6, 6.07) is 4.45. The molecule has 15 heavy (non-hydrogen) atoms. The van der Waals surface area contributed by atoms with Gasteiger partial charge in [0.25, 0.3) is 0 Å². The van der Waals surface area contributed by atoms with Crippen LogP contribution in [0.1, 0.15) is 0 Å². The second-order valence-corrected chi connectivity index (χ2v) is 4.38. The zero-order valence-electron chi connectivity index (χ0n) is 7.52. The van der Waals surface area contributed by atoms with Crippen LogP contribution in [0.5, 0.6) is 0 Å². The van der Waals surface area contributed by atoms with Crippen molar-refractivity contribution in [2.24, 2.45) is 0 Å². The molecule has 0 saturated heterocycles. The van der Waals surface area contributed by atoms with Crippen molar-refractivity contribution in [3.05, 3.63) is 33.5 Å². The quantitative estimate of drug-likeness (QED) is 0.584. The highest BCUT2D eigenvalue weighted by atomic mass is 79.9. The minimum atomic E-state index is -0.478. The van der Waals surface area contributed by atoms with Crippen LogP contribution in [0.4, 0.5) is 10.1 Å². The van der Waals surface area contributed by atoms with Crippen LogP contribution in [0.3, 0.4) is 0 Å². The molecule has 0 spiro atoms. The number of benzene rings is 2. The molecule has 0 aliphatic heterocycles. The van der Waals surface area contributed by atoms with Crippen LogP contribution in [0.15, 0.2) is 22.7 Å². The standard InChI is InChI=1S/C10H5BBrClFN/c11-5-3-6(12)8-4(10(5)15)1-2-7(14)9(8)13/h1-3H,15H2. The van der Waals surface area contributed by atoms with Crippen LogP contribution >= 0.6 is 27.5 Å². The van der Waals surface area contributed by atoms with Gasteiger partial charge in [0.15, 0.2) is 0 Å². The van der Waals surface area contributed by atoms with Gasteiger partial charge < -0.3 is 5.73 Å². The average Bonchev–Trinajstić information content (AvgIpc) is 2.18. The van der Waals surface area contributed by atoms with Crippen LogP contribution in [-0.4, -0.2) is 7.85 Å². The lowest BCUT2D eigenvalue weighted by Crippen LogP contribution is -2.10. The monoisotopic (exact) mass is 283 g/mol. The normalized spacial score (nSPS) is 10.9. The van der Waals surface area contributed by atoms with Gasteiger partial charge in [0.2, 0.25) is 0 Å². The van der Waals surface area contributed by atoms with E-state index in [1.165, 1.54) is 6.07 Å². The molecule has 0 aromatic heterocycles. The Balaban J connectivity index is 3.03. The van der Waals surface area contributed by atoms with E-state index in [2.05, 4.69) is 15.9 Å². The molecule has 0 atom stereocenters. The second-order valence-electron chi connectivity index (χ2n) is 3.15. The Morgan fingerprint density at radius 3 is 2.73 bits per heavy atom. The first-order valence-electron chi connectivity index (χ1n) is 4.13. The third-order valence-corrected chi connectivity index (χ3v) is 3.21. The molecule has 0 saturated carbocycles. The summed E-state index contributed by atoms with van der Waals surface area (Å²) in [6.07, 6.45) is 0. The van der Waals surface area contributed by atoms with Gasteiger partial charge in [-0.05, 0) is 12.1 Å². The summed E-state index contributed by atoms with van der Waals surface area (Å²) in [5.41, 5.74) is 6.63. The lowest BCUT2D eigenvalue weighted by Gasteiger charge is -2.10. The van der Waals surface area contributed by atoms with Crippen molar-refractivity contribution in [3.8, 4) is 0 Å². The first-order valence-corrected chi connectivity index (χ1v) is 5.30. The predicted molar refractivity (Wildman–Crippen MR) is 66.4 cm³/mol. The van der Waals surface area contributed by atoms with Crippen molar-refractivity contribution in [3.63, 3.8) is 0 Å². The number of anilines is 1. The van der Waals surface area contributed by atoms with Gasteiger partial charge in [-0.25, -0.2) is 4.39 Å². The molecule has 2 aromatic carbocycles. The largest absolute Gasteiger partial charge is 0.399 e. The van der Waals surface area contributed by atoms with E-state index in [0.717, 1.165) is 0 Å². The molecule has 0 aliphatic carbocycles. The summed E-state index contributed by atoms with van der Waals surface area (Å²) >= 11 is 9.13. The summed E-state index contributed by atoms with van der Waals surface area (Å²) in [5, 5.41) is 1.24. The first-order chi connectivity index (χ1) is 7.02. The fraction of sp³-hybridized carbons (Fsp3) is 0. The Hall–Kier alpha value is -0.735. The molecule has 0 amide bonds. The van der Waals surface area contributed by atoms with Crippen LogP contribution < -0.4 is 11.2 Å². The summed E-state index contributed by atoms with van der Waals surface area (Å²) in [6.45, 7) is 0. The highest BCUT2D eigenvalue weighted by Crippen LogP contribution is 2.34. The van der Waals surface area contributed by atoms with Gasteiger partial charge in [-0.15, -0.1) is 0 Å². The van der Waals surface area contributed by atoms with Crippen molar-refractivity contribution in [2.75, 3.05) is 5.73 Å². The molecule has 0 bridgehead atoms. The van der Waals surface area contributed by atoms with Crippen LogP contribution in [-0.2, 0) is 0 Å². The Labute approximate surface area is 101 Å². The van der Waals surface area contributed by atoms with E-state index in [1.807, 2.05) is 0 Å². The molecule has 0 fully saturated rings. The van der Waals surface area contributed by atoms with Gasteiger partial charge in [0.1, 0.15) is 13.7 Å². The third kappa shape index (κ3) is 1.62. The van der Waals surface area contributed by atoms with Crippen molar-refractivity contribution in [2.45, 2.75) is 0 Å². The van der Waals surface area contributed by atoms with Crippen molar-refractivity contribution in [1.82, 2.24) is 0 Å². The maximum absolute atomic E-state index is 13.2. The Morgan fingerprint density at radius 2 is 2.07 bits per heavy atom. The summed E-state index contributed by atoms with van der Waals surface area (Å²) in [7, 11) is 5.68. The SMILES string of the molecule is [B]c1cc(Br)c2c(Cl)c(F)ccc2c1N. The molecule has 2 radical (unpaired) electrons. The molecule has 2 N–H and O–H groups in total. The molecule has 0 unspecified atom stereocenters. The van der Waals surface area contributed by atoms with E-state index in [4.69, 9.17) is 25.2 Å². The van der Waals surface area contributed by atoms with Gasteiger partial charge in [0, 0.05) is 20.9 Å². The number of nitrogen functional groups attached to an aromatic ring is 1. The smallest absolute Gasteiger partial charge is 0.142 e. The number of hydrogen-bond donors (Lipinski definition) is 1. The molecular weight excluding hydrogens is 279 g/mol. The lowest BCUT2D eigenvalue weighted by molar-refractivity contribution is 0.630. The Bertz CT molecular complexity index is 559. The second kappa shape index (κ2) is 3.69. The number of halogens is 3. The molecule has 0 heterocycles.